The largest absolute Gasteiger partial charge is 0.361 e. The van der Waals surface area contributed by atoms with Crippen molar-refractivity contribution in [2.24, 2.45) is 5.84 Å². The van der Waals surface area contributed by atoms with Gasteiger partial charge in [0.15, 0.2) is 0 Å². The van der Waals surface area contributed by atoms with Crippen LogP contribution in [0.5, 0.6) is 0 Å². The van der Waals surface area contributed by atoms with Crippen LogP contribution in [0.1, 0.15) is 0 Å². The summed E-state index contributed by atoms with van der Waals surface area (Å²) in [5.41, 5.74) is 0.765. The molecule has 4 N–H and O–H groups in total. The summed E-state index contributed by atoms with van der Waals surface area (Å²) in [4.78, 5) is 4.90. The summed E-state index contributed by atoms with van der Waals surface area (Å²) < 4.78 is 22.9. The molecule has 1 aromatic heterocycles. The Morgan fingerprint density at radius 1 is 1.29 bits per heavy atom. The fourth-order valence-corrected chi connectivity index (χ4v) is 2.21. The van der Waals surface area contributed by atoms with Gasteiger partial charge in [0.25, 0.3) is 10.0 Å². The number of nitrogens with one attached hydrogen (secondary N) is 2. The van der Waals surface area contributed by atoms with Crippen molar-refractivity contribution in [1.29, 1.82) is 0 Å². The molecule has 0 radical (unpaired) electrons. The maximum atomic E-state index is 11.5. The van der Waals surface area contributed by atoms with Crippen molar-refractivity contribution in [3.8, 4) is 0 Å². The summed E-state index contributed by atoms with van der Waals surface area (Å²) in [6, 6.07) is 6.65. The molecule has 2 rings (SSSR count). The summed E-state index contributed by atoms with van der Waals surface area (Å²) in [6.07, 6.45) is 1.68. The highest BCUT2D eigenvalue weighted by atomic mass is 32.2. The first kappa shape index (κ1) is 9.20. The quantitative estimate of drug-likeness (QED) is 0.493. The predicted molar refractivity (Wildman–Crippen MR) is 52.8 cm³/mol. The van der Waals surface area contributed by atoms with Gasteiger partial charge in [0.2, 0.25) is 0 Å². The minimum Gasteiger partial charge on any atom is -0.361 e. The molecule has 5 nitrogen and oxygen atoms in total. The topological polar surface area (TPSA) is 88.0 Å². The van der Waals surface area contributed by atoms with Crippen LogP contribution in [0.15, 0.2) is 35.4 Å². The predicted octanol–water partition coefficient (Wildman–Crippen LogP) is 0.320. The fourth-order valence-electron chi connectivity index (χ4n) is 1.35. The van der Waals surface area contributed by atoms with Crippen molar-refractivity contribution in [2.75, 3.05) is 0 Å². The van der Waals surface area contributed by atoms with E-state index < -0.39 is 10.0 Å². The van der Waals surface area contributed by atoms with Gasteiger partial charge in [0, 0.05) is 17.1 Å². The zero-order valence-corrected chi connectivity index (χ0v) is 8.01. The van der Waals surface area contributed by atoms with E-state index in [9.17, 15) is 8.42 Å². The molecule has 6 heteroatoms. The number of rotatable bonds is 2. The van der Waals surface area contributed by atoms with Gasteiger partial charge in [-0.15, -0.1) is 0 Å². The number of hydrogen-bond acceptors (Lipinski definition) is 3. The monoisotopic (exact) mass is 211 g/mol. The summed E-state index contributed by atoms with van der Waals surface area (Å²) in [5.74, 6) is 4.95. The molecular formula is C8H9N3O2S. The molecular weight excluding hydrogens is 202 g/mol. The molecule has 0 unspecified atom stereocenters. The molecule has 0 bridgehead atoms. The molecule has 0 saturated heterocycles. The van der Waals surface area contributed by atoms with Gasteiger partial charge >= 0.3 is 0 Å². The van der Waals surface area contributed by atoms with Gasteiger partial charge in [-0.2, -0.15) is 4.83 Å². The number of sulfonamides is 1. The molecule has 1 aromatic carbocycles. The van der Waals surface area contributed by atoms with Crippen LogP contribution < -0.4 is 10.7 Å². The normalized spacial score (nSPS) is 12.1. The van der Waals surface area contributed by atoms with E-state index in [1.165, 1.54) is 6.07 Å². The smallest absolute Gasteiger partial charge is 0.253 e. The van der Waals surface area contributed by atoms with Gasteiger partial charge in [-0.3, -0.25) is 5.84 Å². The molecule has 74 valence electrons. The Morgan fingerprint density at radius 2 is 2.07 bits per heavy atom. The molecule has 0 amide bonds. The lowest BCUT2D eigenvalue weighted by atomic mass is 10.2. The van der Waals surface area contributed by atoms with Gasteiger partial charge in [0.1, 0.15) is 0 Å². The van der Waals surface area contributed by atoms with E-state index in [1.54, 1.807) is 29.2 Å². The van der Waals surface area contributed by atoms with Crippen molar-refractivity contribution in [2.45, 2.75) is 4.90 Å². The van der Waals surface area contributed by atoms with Crippen molar-refractivity contribution in [1.82, 2.24) is 9.82 Å². The number of aromatic nitrogens is 1. The van der Waals surface area contributed by atoms with Crippen LogP contribution in [0.25, 0.3) is 10.9 Å². The minimum absolute atomic E-state index is 0.179. The van der Waals surface area contributed by atoms with Crippen molar-refractivity contribution in [3.05, 3.63) is 30.5 Å². The SMILES string of the molecule is NNS(=O)(=O)c1cccc2[nH]ccc12. The van der Waals surface area contributed by atoms with E-state index in [0.29, 0.717) is 5.39 Å². The lowest BCUT2D eigenvalue weighted by molar-refractivity contribution is 0.585. The summed E-state index contributed by atoms with van der Waals surface area (Å²) in [7, 11) is -3.59. The second kappa shape index (κ2) is 3.09. The molecule has 1 heterocycles. The highest BCUT2D eigenvalue weighted by Gasteiger charge is 2.15. The number of hydrazine groups is 1. The standard InChI is InChI=1S/C8H9N3O2S/c9-11-14(12,13)8-3-1-2-7-6(8)4-5-10-7/h1-5,10-11H,9H2. The van der Waals surface area contributed by atoms with Gasteiger partial charge in [-0.25, -0.2) is 8.42 Å². The molecule has 0 saturated carbocycles. The highest BCUT2D eigenvalue weighted by Crippen LogP contribution is 2.20. The van der Waals surface area contributed by atoms with Crippen LogP contribution >= 0.6 is 0 Å². The number of nitrogens with two attached hydrogens (primary N) is 1. The summed E-state index contributed by atoms with van der Waals surface area (Å²) in [6.45, 7) is 0. The fraction of sp³-hybridized carbons (Fsp3) is 0. The highest BCUT2D eigenvalue weighted by molar-refractivity contribution is 7.89. The molecule has 14 heavy (non-hydrogen) atoms. The Labute approximate surface area is 80.9 Å². The van der Waals surface area contributed by atoms with Crippen molar-refractivity contribution in [3.63, 3.8) is 0 Å². The molecule has 0 aliphatic carbocycles. The molecule has 0 atom stereocenters. The van der Waals surface area contributed by atoms with E-state index in [4.69, 9.17) is 5.84 Å². The van der Waals surface area contributed by atoms with Gasteiger partial charge in [0.05, 0.1) is 4.90 Å². The summed E-state index contributed by atoms with van der Waals surface area (Å²) in [5, 5.41) is 0.630. The lowest BCUT2D eigenvalue weighted by Crippen LogP contribution is -2.30. The third-order valence-corrected chi connectivity index (χ3v) is 3.24. The molecule has 0 spiro atoms. The Hall–Kier alpha value is -1.37. The third-order valence-electron chi connectivity index (χ3n) is 2.00. The van der Waals surface area contributed by atoms with E-state index >= 15 is 0 Å². The number of benzene rings is 1. The van der Waals surface area contributed by atoms with Gasteiger partial charge in [-0.05, 0) is 18.2 Å². The van der Waals surface area contributed by atoms with E-state index in [0.717, 1.165) is 5.52 Å². The van der Waals surface area contributed by atoms with Crippen molar-refractivity contribution < 1.29 is 8.42 Å². The second-order valence-electron chi connectivity index (χ2n) is 2.82. The second-order valence-corrected chi connectivity index (χ2v) is 4.50. The number of fused-ring (bicyclic) bond motifs is 1. The average molecular weight is 211 g/mol. The number of H-pyrrole nitrogens is 1. The molecule has 0 aliphatic rings. The zero-order chi connectivity index (χ0) is 10.2. The van der Waals surface area contributed by atoms with Crippen LogP contribution in [0.3, 0.4) is 0 Å². The first-order valence-corrected chi connectivity index (χ1v) is 5.42. The average Bonchev–Trinajstić information content (AvgIpc) is 2.64. The Morgan fingerprint density at radius 3 is 2.79 bits per heavy atom. The molecule has 0 fully saturated rings. The third kappa shape index (κ3) is 1.29. The first-order valence-electron chi connectivity index (χ1n) is 3.93. The lowest BCUT2D eigenvalue weighted by Gasteiger charge is -2.02. The van der Waals surface area contributed by atoms with E-state index in [2.05, 4.69) is 4.98 Å². The zero-order valence-electron chi connectivity index (χ0n) is 7.19. The van der Waals surface area contributed by atoms with Gasteiger partial charge in [-0.1, -0.05) is 6.07 Å². The van der Waals surface area contributed by atoms with Crippen molar-refractivity contribution >= 4 is 20.9 Å². The Kier molecular flexibility index (Phi) is 2.03. The van der Waals surface area contributed by atoms with E-state index in [1.807, 2.05) is 0 Å². The van der Waals surface area contributed by atoms with Crippen LogP contribution in [0.4, 0.5) is 0 Å². The number of hydrogen-bond donors (Lipinski definition) is 3. The number of aromatic amines is 1. The van der Waals surface area contributed by atoms with Crippen LogP contribution in [0, 0.1) is 0 Å². The minimum atomic E-state index is -3.59. The maximum Gasteiger partial charge on any atom is 0.253 e. The first-order chi connectivity index (χ1) is 6.65. The van der Waals surface area contributed by atoms with Gasteiger partial charge < -0.3 is 4.98 Å². The van der Waals surface area contributed by atoms with Crippen LogP contribution in [-0.2, 0) is 10.0 Å². The summed E-state index contributed by atoms with van der Waals surface area (Å²) >= 11 is 0. The van der Waals surface area contributed by atoms with Crippen LogP contribution in [0.2, 0.25) is 0 Å². The molecule has 2 aromatic rings. The Bertz CT molecular complexity index is 559. The maximum absolute atomic E-state index is 11.5. The Balaban J connectivity index is 2.81. The molecule has 0 aliphatic heterocycles. The van der Waals surface area contributed by atoms with E-state index in [-0.39, 0.29) is 4.90 Å². The van der Waals surface area contributed by atoms with Crippen LogP contribution in [-0.4, -0.2) is 13.4 Å².